The Morgan fingerprint density at radius 1 is 0.840 bits per heavy atom. The number of hydrogen-bond acceptors (Lipinski definition) is 3. The number of nitrogens with zero attached hydrogens (tertiary/aromatic N) is 3. The van der Waals surface area contributed by atoms with E-state index in [-0.39, 0.29) is 5.56 Å². The molecule has 4 nitrogen and oxygen atoms in total. The molecule has 0 aliphatic carbocycles. The summed E-state index contributed by atoms with van der Waals surface area (Å²) >= 11 is 0. The molecule has 0 spiro atoms. The number of piperazine rings is 1. The van der Waals surface area contributed by atoms with Crippen molar-refractivity contribution in [2.75, 3.05) is 38.1 Å². The van der Waals surface area contributed by atoms with Gasteiger partial charge in [-0.25, -0.2) is 0 Å². The van der Waals surface area contributed by atoms with Crippen LogP contribution < -0.4 is 10.5 Å². The molecule has 0 amide bonds. The fourth-order valence-electron chi connectivity index (χ4n) is 3.72. The topological polar surface area (TPSA) is 28.5 Å². The molecule has 3 aromatic rings. The van der Waals surface area contributed by atoms with Gasteiger partial charge in [0.2, 0.25) is 0 Å². The molecule has 1 saturated heterocycles. The van der Waals surface area contributed by atoms with Crippen LogP contribution in [0.3, 0.4) is 0 Å². The third kappa shape index (κ3) is 2.72. The summed E-state index contributed by atoms with van der Waals surface area (Å²) < 4.78 is 1.84. The van der Waals surface area contributed by atoms with Gasteiger partial charge in [-0.3, -0.25) is 9.36 Å². The normalized spacial score (nSPS) is 15.7. The molecule has 0 bridgehead atoms. The van der Waals surface area contributed by atoms with Crippen LogP contribution in [0.15, 0.2) is 59.4 Å². The van der Waals surface area contributed by atoms with Crippen molar-refractivity contribution in [2.45, 2.75) is 6.92 Å². The zero-order valence-corrected chi connectivity index (χ0v) is 14.8. The Bertz CT molecular complexity index is 954. The smallest absolute Gasteiger partial charge is 0.260 e. The van der Waals surface area contributed by atoms with Crippen molar-refractivity contribution in [3.63, 3.8) is 0 Å². The number of rotatable bonds is 2. The van der Waals surface area contributed by atoms with E-state index in [0.717, 1.165) is 54.0 Å². The first-order chi connectivity index (χ1) is 12.2. The summed E-state index contributed by atoms with van der Waals surface area (Å²) in [5, 5.41) is 1.15. The quantitative estimate of drug-likeness (QED) is 0.722. The standard InChI is InChI=1S/C21H23N3O/c1-16-20(23-14-12-22(2)13-15-23)18-10-6-7-11-19(18)24(21(16)25)17-8-4-3-5-9-17/h3-11H,12-15H2,1-2H3. The number of hydrogen-bond donors (Lipinski definition) is 0. The van der Waals surface area contributed by atoms with Crippen LogP contribution in [0.5, 0.6) is 0 Å². The van der Waals surface area contributed by atoms with E-state index in [1.807, 2.05) is 54.0 Å². The van der Waals surface area contributed by atoms with Crippen LogP contribution in [-0.2, 0) is 0 Å². The van der Waals surface area contributed by atoms with Gasteiger partial charge in [0.15, 0.2) is 0 Å². The van der Waals surface area contributed by atoms with Gasteiger partial charge in [0.1, 0.15) is 0 Å². The van der Waals surface area contributed by atoms with E-state index < -0.39 is 0 Å². The summed E-state index contributed by atoms with van der Waals surface area (Å²) in [6.07, 6.45) is 0. The van der Waals surface area contributed by atoms with E-state index >= 15 is 0 Å². The monoisotopic (exact) mass is 333 g/mol. The molecule has 1 fully saturated rings. The molecule has 25 heavy (non-hydrogen) atoms. The Kier molecular flexibility index (Phi) is 4.06. The zero-order chi connectivity index (χ0) is 17.4. The average molecular weight is 333 g/mol. The van der Waals surface area contributed by atoms with Gasteiger partial charge in [-0.1, -0.05) is 36.4 Å². The summed E-state index contributed by atoms with van der Waals surface area (Å²) in [4.78, 5) is 17.9. The van der Waals surface area contributed by atoms with E-state index in [4.69, 9.17) is 0 Å². The van der Waals surface area contributed by atoms with E-state index in [1.54, 1.807) is 0 Å². The van der Waals surface area contributed by atoms with Crippen molar-refractivity contribution in [1.82, 2.24) is 9.47 Å². The third-order valence-corrected chi connectivity index (χ3v) is 5.11. The molecule has 4 rings (SSSR count). The Labute approximate surface area is 147 Å². The van der Waals surface area contributed by atoms with Crippen molar-refractivity contribution in [3.05, 3.63) is 70.5 Å². The number of para-hydroxylation sites is 2. The van der Waals surface area contributed by atoms with Gasteiger partial charge in [0, 0.05) is 42.8 Å². The maximum Gasteiger partial charge on any atom is 0.260 e. The Balaban J connectivity index is 1.98. The lowest BCUT2D eigenvalue weighted by atomic mass is 10.1. The minimum absolute atomic E-state index is 0.0684. The molecule has 0 N–H and O–H groups in total. The molecule has 0 atom stereocenters. The molecular formula is C21H23N3O. The molecule has 1 aliphatic rings. The number of aromatic nitrogens is 1. The molecule has 1 aromatic heterocycles. The van der Waals surface area contributed by atoms with Crippen LogP contribution in [-0.4, -0.2) is 42.7 Å². The molecule has 2 heterocycles. The minimum Gasteiger partial charge on any atom is -0.368 e. The summed E-state index contributed by atoms with van der Waals surface area (Å²) in [7, 11) is 2.15. The summed E-state index contributed by atoms with van der Waals surface area (Å²) in [6.45, 7) is 5.92. The number of fused-ring (bicyclic) bond motifs is 1. The highest BCUT2D eigenvalue weighted by atomic mass is 16.1. The lowest BCUT2D eigenvalue weighted by Crippen LogP contribution is -2.45. The zero-order valence-electron chi connectivity index (χ0n) is 14.8. The van der Waals surface area contributed by atoms with Crippen molar-refractivity contribution < 1.29 is 0 Å². The lowest BCUT2D eigenvalue weighted by molar-refractivity contribution is 0.313. The molecule has 2 aromatic carbocycles. The Morgan fingerprint density at radius 3 is 2.20 bits per heavy atom. The van der Waals surface area contributed by atoms with E-state index in [9.17, 15) is 4.79 Å². The predicted octanol–water partition coefficient (Wildman–Crippen LogP) is 3.05. The van der Waals surface area contributed by atoms with Crippen molar-refractivity contribution in [1.29, 1.82) is 0 Å². The van der Waals surface area contributed by atoms with Crippen LogP contribution >= 0.6 is 0 Å². The van der Waals surface area contributed by atoms with E-state index in [2.05, 4.69) is 29.0 Å². The first-order valence-corrected chi connectivity index (χ1v) is 8.80. The van der Waals surface area contributed by atoms with Gasteiger partial charge in [0.05, 0.1) is 11.2 Å². The van der Waals surface area contributed by atoms with Gasteiger partial charge in [-0.05, 0) is 32.2 Å². The highest BCUT2D eigenvalue weighted by Crippen LogP contribution is 2.30. The molecule has 0 radical (unpaired) electrons. The van der Waals surface area contributed by atoms with Crippen LogP contribution in [0.1, 0.15) is 5.56 Å². The van der Waals surface area contributed by atoms with Crippen LogP contribution in [0.25, 0.3) is 16.6 Å². The van der Waals surface area contributed by atoms with Crippen molar-refractivity contribution in [2.24, 2.45) is 0 Å². The minimum atomic E-state index is 0.0684. The first-order valence-electron chi connectivity index (χ1n) is 8.80. The maximum atomic E-state index is 13.2. The van der Waals surface area contributed by atoms with E-state index in [0.29, 0.717) is 0 Å². The fraction of sp³-hybridized carbons (Fsp3) is 0.286. The fourth-order valence-corrected chi connectivity index (χ4v) is 3.72. The van der Waals surface area contributed by atoms with E-state index in [1.165, 1.54) is 0 Å². The van der Waals surface area contributed by atoms with Crippen molar-refractivity contribution in [3.8, 4) is 5.69 Å². The first kappa shape index (κ1) is 15.9. The highest BCUT2D eigenvalue weighted by Gasteiger charge is 2.22. The summed E-state index contributed by atoms with van der Waals surface area (Å²) in [5.74, 6) is 0. The SMILES string of the molecule is Cc1c(N2CCN(C)CC2)c2ccccc2n(-c2ccccc2)c1=O. The van der Waals surface area contributed by atoms with Gasteiger partial charge >= 0.3 is 0 Å². The van der Waals surface area contributed by atoms with Gasteiger partial charge in [-0.2, -0.15) is 0 Å². The van der Waals surface area contributed by atoms with Gasteiger partial charge in [-0.15, -0.1) is 0 Å². The second-order valence-corrected chi connectivity index (χ2v) is 6.76. The molecular weight excluding hydrogens is 310 g/mol. The van der Waals surface area contributed by atoms with Crippen LogP contribution in [0, 0.1) is 6.92 Å². The molecule has 1 aliphatic heterocycles. The van der Waals surface area contributed by atoms with Crippen LogP contribution in [0.4, 0.5) is 5.69 Å². The maximum absolute atomic E-state index is 13.2. The average Bonchev–Trinajstić information content (AvgIpc) is 2.65. The highest BCUT2D eigenvalue weighted by molar-refractivity contribution is 5.94. The number of anilines is 1. The Morgan fingerprint density at radius 2 is 1.48 bits per heavy atom. The number of pyridine rings is 1. The second-order valence-electron chi connectivity index (χ2n) is 6.76. The molecule has 4 heteroatoms. The summed E-state index contributed by atoms with van der Waals surface area (Å²) in [5.41, 5.74) is 3.88. The summed E-state index contributed by atoms with van der Waals surface area (Å²) in [6, 6.07) is 18.1. The van der Waals surface area contributed by atoms with Crippen molar-refractivity contribution >= 4 is 16.6 Å². The lowest BCUT2D eigenvalue weighted by Gasteiger charge is -2.35. The predicted molar refractivity (Wildman–Crippen MR) is 104 cm³/mol. The van der Waals surface area contributed by atoms with Crippen LogP contribution in [0.2, 0.25) is 0 Å². The largest absolute Gasteiger partial charge is 0.368 e. The molecule has 0 saturated carbocycles. The number of benzene rings is 2. The Hall–Kier alpha value is -2.59. The van der Waals surface area contributed by atoms with Gasteiger partial charge in [0.25, 0.3) is 5.56 Å². The molecule has 128 valence electrons. The second kappa shape index (κ2) is 6.37. The molecule has 0 unspecified atom stereocenters. The van der Waals surface area contributed by atoms with Gasteiger partial charge < -0.3 is 9.80 Å². The third-order valence-electron chi connectivity index (χ3n) is 5.11. The number of likely N-dealkylation sites (N-methyl/N-ethyl adjacent to an activating group) is 1.